The molecule has 0 aliphatic rings. The minimum Gasteiger partial charge on any atom is -0.378 e. The smallest absolute Gasteiger partial charge is 0.250 e. The molecule has 3 aromatic carbocycles. The number of rotatable bonds is 8. The van der Waals surface area contributed by atoms with E-state index in [1.54, 1.807) is 6.21 Å². The summed E-state index contributed by atoms with van der Waals surface area (Å²) < 4.78 is 2.91. The van der Waals surface area contributed by atoms with Crippen molar-refractivity contribution in [2.45, 2.75) is 5.16 Å². The van der Waals surface area contributed by atoms with Crippen LogP contribution in [0.3, 0.4) is 0 Å². The second-order valence-corrected chi connectivity index (χ2v) is 9.41. The van der Waals surface area contributed by atoms with Crippen LogP contribution in [-0.2, 0) is 4.79 Å². The molecular formula is C25H23BrN6OS. The highest BCUT2D eigenvalue weighted by Crippen LogP contribution is 2.29. The lowest BCUT2D eigenvalue weighted by atomic mass is 10.2. The summed E-state index contributed by atoms with van der Waals surface area (Å²) in [6.07, 6.45) is 1.62. The van der Waals surface area contributed by atoms with Gasteiger partial charge in [-0.15, -0.1) is 10.2 Å². The largest absolute Gasteiger partial charge is 0.378 e. The van der Waals surface area contributed by atoms with Crippen molar-refractivity contribution in [3.05, 3.63) is 88.9 Å². The average Bonchev–Trinajstić information content (AvgIpc) is 3.28. The Morgan fingerprint density at radius 2 is 1.82 bits per heavy atom. The molecule has 0 radical (unpaired) electrons. The van der Waals surface area contributed by atoms with E-state index in [-0.39, 0.29) is 11.7 Å². The molecule has 1 N–H and O–H groups in total. The van der Waals surface area contributed by atoms with Crippen molar-refractivity contribution in [2.24, 2.45) is 5.10 Å². The molecular weight excluding hydrogens is 512 g/mol. The van der Waals surface area contributed by atoms with Gasteiger partial charge in [0.25, 0.3) is 5.91 Å². The number of benzene rings is 3. The number of nitrogens with zero attached hydrogens (tertiary/aromatic N) is 5. The van der Waals surface area contributed by atoms with Gasteiger partial charge in [0.05, 0.1) is 12.0 Å². The van der Waals surface area contributed by atoms with Crippen LogP contribution in [0.1, 0.15) is 5.56 Å². The Bertz CT molecular complexity index is 1290. The molecule has 0 aliphatic carbocycles. The molecule has 0 saturated carbocycles. The molecule has 1 amide bonds. The summed E-state index contributed by atoms with van der Waals surface area (Å²) >= 11 is 4.82. The molecule has 1 heterocycles. The Hall–Kier alpha value is -3.43. The number of nitrogens with one attached hydrogen (secondary N) is 1. The monoisotopic (exact) mass is 534 g/mol. The van der Waals surface area contributed by atoms with E-state index >= 15 is 0 Å². The van der Waals surface area contributed by atoms with Crippen molar-refractivity contribution in [1.29, 1.82) is 0 Å². The minimum atomic E-state index is -0.224. The van der Waals surface area contributed by atoms with Gasteiger partial charge in [-0.25, -0.2) is 5.43 Å². The highest BCUT2D eigenvalue weighted by molar-refractivity contribution is 9.10. The molecule has 0 saturated heterocycles. The molecule has 1 aromatic heterocycles. The number of hydrazone groups is 1. The Labute approximate surface area is 211 Å². The number of hydrogen-bond donors (Lipinski definition) is 1. The van der Waals surface area contributed by atoms with E-state index in [0.29, 0.717) is 11.0 Å². The van der Waals surface area contributed by atoms with Crippen molar-refractivity contribution in [1.82, 2.24) is 20.2 Å². The zero-order valence-corrected chi connectivity index (χ0v) is 21.1. The SMILES string of the molecule is CN(C)c1ccc(/C=N\NC(=O)CSc2nnc(-c3cccc(Br)c3)n2-c2ccccc2)cc1. The average molecular weight is 535 g/mol. The number of amides is 1. The van der Waals surface area contributed by atoms with E-state index in [1.165, 1.54) is 11.8 Å². The number of aromatic nitrogens is 3. The zero-order valence-electron chi connectivity index (χ0n) is 18.7. The number of para-hydroxylation sites is 1. The normalized spacial score (nSPS) is 11.0. The summed E-state index contributed by atoms with van der Waals surface area (Å²) in [5, 5.41) is 13.5. The van der Waals surface area contributed by atoms with Gasteiger partial charge in [-0.05, 0) is 42.0 Å². The summed E-state index contributed by atoms with van der Waals surface area (Å²) in [7, 11) is 3.97. The Balaban J connectivity index is 1.46. The summed E-state index contributed by atoms with van der Waals surface area (Å²) in [4.78, 5) is 14.4. The summed E-state index contributed by atoms with van der Waals surface area (Å²) in [5.41, 5.74) is 6.43. The van der Waals surface area contributed by atoms with Gasteiger partial charge >= 0.3 is 0 Å². The third kappa shape index (κ3) is 5.92. The standard InChI is InChI=1S/C25H23BrN6OS/c1-31(2)21-13-11-18(12-14-21)16-27-28-23(33)17-34-25-30-29-24(19-7-6-8-20(26)15-19)32(25)22-9-4-3-5-10-22/h3-16H,17H2,1-2H3,(H,28,33)/b27-16-. The molecule has 0 atom stereocenters. The van der Waals surface area contributed by atoms with Crippen LogP contribution >= 0.6 is 27.7 Å². The lowest BCUT2D eigenvalue weighted by Gasteiger charge is -2.11. The predicted molar refractivity (Wildman–Crippen MR) is 142 cm³/mol. The molecule has 0 aliphatic heterocycles. The Kier molecular flexibility index (Phi) is 7.76. The van der Waals surface area contributed by atoms with Crippen LogP contribution in [0.5, 0.6) is 0 Å². The topological polar surface area (TPSA) is 75.4 Å². The molecule has 9 heteroatoms. The molecule has 7 nitrogen and oxygen atoms in total. The first kappa shape index (κ1) is 23.7. The van der Waals surface area contributed by atoms with E-state index < -0.39 is 0 Å². The molecule has 0 bridgehead atoms. The van der Waals surface area contributed by atoms with Crippen molar-refractivity contribution in [3.8, 4) is 17.1 Å². The predicted octanol–water partition coefficient (Wildman–Crippen LogP) is 5.01. The van der Waals surface area contributed by atoms with Crippen molar-refractivity contribution < 1.29 is 4.79 Å². The maximum Gasteiger partial charge on any atom is 0.250 e. The lowest BCUT2D eigenvalue weighted by Crippen LogP contribution is -2.20. The number of hydrogen-bond acceptors (Lipinski definition) is 6. The fourth-order valence-electron chi connectivity index (χ4n) is 3.19. The summed E-state index contributed by atoms with van der Waals surface area (Å²) in [6.45, 7) is 0. The van der Waals surface area contributed by atoms with Gasteiger partial charge < -0.3 is 4.90 Å². The molecule has 0 unspecified atom stereocenters. The number of thioether (sulfide) groups is 1. The summed E-state index contributed by atoms with van der Waals surface area (Å²) in [6, 6.07) is 25.6. The maximum absolute atomic E-state index is 12.4. The quantitative estimate of drug-likeness (QED) is 0.195. The van der Waals surface area contributed by atoms with Crippen LogP contribution in [0.25, 0.3) is 17.1 Å². The van der Waals surface area contributed by atoms with Gasteiger partial charge in [0, 0.05) is 35.5 Å². The maximum atomic E-state index is 12.4. The fourth-order valence-corrected chi connectivity index (χ4v) is 4.33. The Morgan fingerprint density at radius 1 is 1.06 bits per heavy atom. The van der Waals surface area contributed by atoms with Crippen LogP contribution in [0.2, 0.25) is 0 Å². The second-order valence-electron chi connectivity index (χ2n) is 7.56. The first-order valence-corrected chi connectivity index (χ1v) is 12.3. The highest BCUT2D eigenvalue weighted by Gasteiger charge is 2.17. The van der Waals surface area contributed by atoms with E-state index in [9.17, 15) is 4.79 Å². The van der Waals surface area contributed by atoms with Crippen LogP contribution in [-0.4, -0.2) is 46.7 Å². The first-order chi connectivity index (χ1) is 16.5. The van der Waals surface area contributed by atoms with E-state index in [0.717, 1.165) is 27.0 Å². The van der Waals surface area contributed by atoms with Crippen molar-refractivity contribution in [3.63, 3.8) is 0 Å². The van der Waals surface area contributed by atoms with E-state index in [1.807, 2.05) is 102 Å². The summed E-state index contributed by atoms with van der Waals surface area (Å²) in [5.74, 6) is 0.632. The molecule has 34 heavy (non-hydrogen) atoms. The van der Waals surface area contributed by atoms with Crippen molar-refractivity contribution in [2.75, 3.05) is 24.7 Å². The van der Waals surface area contributed by atoms with Gasteiger partial charge in [0.1, 0.15) is 0 Å². The fraction of sp³-hybridized carbons (Fsp3) is 0.120. The number of carbonyl (C=O) groups excluding carboxylic acids is 1. The highest BCUT2D eigenvalue weighted by atomic mass is 79.9. The van der Waals surface area contributed by atoms with Crippen LogP contribution in [0.15, 0.2) is 93.6 Å². The van der Waals surface area contributed by atoms with E-state index in [2.05, 4.69) is 36.7 Å². The van der Waals surface area contributed by atoms with Gasteiger partial charge in [-0.1, -0.05) is 70.2 Å². The van der Waals surface area contributed by atoms with Gasteiger partial charge in [0.2, 0.25) is 0 Å². The van der Waals surface area contributed by atoms with Gasteiger partial charge in [-0.3, -0.25) is 9.36 Å². The number of halogens is 1. The minimum absolute atomic E-state index is 0.153. The molecule has 4 aromatic rings. The van der Waals surface area contributed by atoms with Gasteiger partial charge in [0.15, 0.2) is 11.0 Å². The van der Waals surface area contributed by atoms with E-state index in [4.69, 9.17) is 0 Å². The molecule has 172 valence electrons. The molecule has 0 spiro atoms. The first-order valence-electron chi connectivity index (χ1n) is 10.5. The van der Waals surface area contributed by atoms with Crippen molar-refractivity contribution >= 4 is 45.5 Å². The number of carbonyl (C=O) groups is 1. The Morgan fingerprint density at radius 3 is 2.53 bits per heavy atom. The van der Waals surface area contributed by atoms with Crippen LogP contribution in [0.4, 0.5) is 5.69 Å². The molecule has 0 fully saturated rings. The van der Waals surface area contributed by atoms with Crippen LogP contribution in [0, 0.1) is 0 Å². The van der Waals surface area contributed by atoms with Crippen LogP contribution < -0.4 is 10.3 Å². The second kappa shape index (κ2) is 11.1. The van der Waals surface area contributed by atoms with Gasteiger partial charge in [-0.2, -0.15) is 5.10 Å². The number of anilines is 1. The lowest BCUT2D eigenvalue weighted by molar-refractivity contribution is -0.118. The third-order valence-corrected chi connectivity index (χ3v) is 6.30. The third-order valence-electron chi connectivity index (χ3n) is 4.88. The zero-order chi connectivity index (χ0) is 23.9. The molecule has 4 rings (SSSR count).